The highest BCUT2D eigenvalue weighted by atomic mass is 16.6. The highest BCUT2D eigenvalue weighted by Crippen LogP contribution is 2.14. The van der Waals surface area contributed by atoms with Crippen LogP contribution in [0, 0.1) is 0 Å². The number of unbranched alkanes of at least 4 members (excludes halogenated alkanes) is 25. The van der Waals surface area contributed by atoms with Crippen LogP contribution >= 0.6 is 0 Å². The molecular weight excluding hydrogens is 769 g/mol. The van der Waals surface area contributed by atoms with Gasteiger partial charge >= 0.3 is 17.9 Å². The minimum atomic E-state index is -0.794. The Kier molecular flexibility index (Phi) is 47.9. The van der Waals surface area contributed by atoms with Crippen molar-refractivity contribution in [2.45, 2.75) is 252 Å². The summed E-state index contributed by atoms with van der Waals surface area (Å²) in [4.78, 5) is 38.0. The Morgan fingerprint density at radius 2 is 0.694 bits per heavy atom. The molecule has 0 saturated carbocycles. The van der Waals surface area contributed by atoms with Crippen molar-refractivity contribution < 1.29 is 28.6 Å². The lowest BCUT2D eigenvalue weighted by atomic mass is 10.1. The summed E-state index contributed by atoms with van der Waals surface area (Å²) >= 11 is 0. The number of carbonyl (C=O) groups excluding carboxylic acids is 3. The van der Waals surface area contributed by atoms with Gasteiger partial charge in [-0.25, -0.2) is 0 Å². The van der Waals surface area contributed by atoms with Crippen LogP contribution in [0.5, 0.6) is 0 Å². The zero-order valence-corrected chi connectivity index (χ0v) is 40.6. The van der Waals surface area contributed by atoms with E-state index >= 15 is 0 Å². The quantitative estimate of drug-likeness (QED) is 0.0199. The van der Waals surface area contributed by atoms with Crippen molar-refractivity contribution in [2.24, 2.45) is 0 Å². The van der Waals surface area contributed by atoms with Gasteiger partial charge in [-0.3, -0.25) is 14.4 Å². The fourth-order valence-electron chi connectivity index (χ4n) is 7.05. The molecule has 0 amide bonds. The second kappa shape index (κ2) is 50.5. The molecule has 62 heavy (non-hydrogen) atoms. The average Bonchev–Trinajstić information content (AvgIpc) is 3.27. The van der Waals surface area contributed by atoms with Crippen molar-refractivity contribution in [3.05, 3.63) is 72.9 Å². The molecule has 1 unspecified atom stereocenters. The summed E-state index contributed by atoms with van der Waals surface area (Å²) in [5.74, 6) is -0.935. The third kappa shape index (κ3) is 47.9. The van der Waals surface area contributed by atoms with Crippen molar-refractivity contribution in [1.82, 2.24) is 0 Å². The molecule has 0 heterocycles. The number of hydrogen-bond donors (Lipinski definition) is 0. The molecule has 0 aliphatic heterocycles. The summed E-state index contributed by atoms with van der Waals surface area (Å²) in [6.45, 7) is 6.44. The second-order valence-electron chi connectivity index (χ2n) is 17.1. The molecule has 0 fully saturated rings. The summed E-state index contributed by atoms with van der Waals surface area (Å²) in [5, 5.41) is 0. The van der Waals surface area contributed by atoms with Gasteiger partial charge in [0.25, 0.3) is 0 Å². The van der Waals surface area contributed by atoms with Crippen LogP contribution in [-0.4, -0.2) is 37.2 Å². The molecule has 6 nitrogen and oxygen atoms in total. The van der Waals surface area contributed by atoms with Gasteiger partial charge in [0.2, 0.25) is 0 Å². The molecule has 0 aliphatic rings. The lowest BCUT2D eigenvalue weighted by Gasteiger charge is -2.18. The standard InChI is InChI=1S/C56H96O6/c1-4-7-10-13-16-19-22-25-27-28-29-32-34-37-40-43-46-49-55(58)61-52-53(51-60-54(57)48-45-42-39-36-33-30-24-21-18-15-12-9-6-3)62-56(59)50-47-44-41-38-35-31-26-23-20-17-14-11-8-5-2/h9,12,15-16,18-19,21,24-25,27,31,35,53H,4-8,10-11,13-14,17,20,22-23,26,28-30,32-34,36-52H2,1-3H3/b12-9+,18-15+,19-16+,24-21+,27-25+,35-31+. The van der Waals surface area contributed by atoms with Crippen LogP contribution in [0.25, 0.3) is 0 Å². The highest BCUT2D eigenvalue weighted by molar-refractivity contribution is 5.71. The van der Waals surface area contributed by atoms with Crippen molar-refractivity contribution >= 4 is 17.9 Å². The van der Waals surface area contributed by atoms with Gasteiger partial charge in [0.1, 0.15) is 13.2 Å². The lowest BCUT2D eigenvalue weighted by molar-refractivity contribution is -0.167. The van der Waals surface area contributed by atoms with E-state index in [0.29, 0.717) is 19.3 Å². The molecule has 0 aromatic rings. The van der Waals surface area contributed by atoms with Crippen molar-refractivity contribution in [3.8, 4) is 0 Å². The minimum Gasteiger partial charge on any atom is -0.462 e. The zero-order valence-electron chi connectivity index (χ0n) is 40.6. The van der Waals surface area contributed by atoms with Gasteiger partial charge < -0.3 is 14.2 Å². The molecule has 356 valence electrons. The molecule has 0 rings (SSSR count). The predicted octanol–water partition coefficient (Wildman–Crippen LogP) is 17.0. The van der Waals surface area contributed by atoms with E-state index in [-0.39, 0.29) is 31.1 Å². The first-order valence-corrected chi connectivity index (χ1v) is 26.0. The van der Waals surface area contributed by atoms with Crippen LogP contribution in [0.4, 0.5) is 0 Å². The fourth-order valence-corrected chi connectivity index (χ4v) is 7.05. The summed E-state index contributed by atoms with van der Waals surface area (Å²) in [5.41, 5.74) is 0. The number of rotatable bonds is 46. The van der Waals surface area contributed by atoms with Crippen LogP contribution in [0.1, 0.15) is 245 Å². The molecule has 1 atom stereocenters. The van der Waals surface area contributed by atoms with E-state index in [0.717, 1.165) is 109 Å². The van der Waals surface area contributed by atoms with Gasteiger partial charge in [-0.1, -0.05) is 203 Å². The second-order valence-corrected chi connectivity index (χ2v) is 17.1. The molecule has 0 aromatic carbocycles. The number of hydrogen-bond acceptors (Lipinski definition) is 6. The zero-order chi connectivity index (χ0) is 45.1. The molecule has 0 saturated heterocycles. The summed E-state index contributed by atoms with van der Waals surface area (Å²) in [7, 11) is 0. The first-order chi connectivity index (χ1) is 30.5. The summed E-state index contributed by atoms with van der Waals surface area (Å²) in [6, 6.07) is 0. The van der Waals surface area contributed by atoms with Crippen LogP contribution in [0.2, 0.25) is 0 Å². The SMILES string of the molecule is CC/C=C/C=C/C=C/CCCCCCCC(=O)OCC(COC(=O)CCCCCCCCC/C=C/C/C=C/CCCCC)OC(=O)CCCCC/C=C/CCCCCCCCC. The number of allylic oxidation sites excluding steroid dienone is 12. The van der Waals surface area contributed by atoms with Crippen molar-refractivity contribution in [1.29, 1.82) is 0 Å². The number of carbonyl (C=O) groups is 3. The Labute approximate surface area is 382 Å². The summed E-state index contributed by atoms with van der Waals surface area (Å²) in [6.07, 6.45) is 63.1. The average molecular weight is 865 g/mol. The minimum absolute atomic E-state index is 0.0925. The maximum absolute atomic E-state index is 12.8. The molecule has 0 N–H and O–H groups in total. The van der Waals surface area contributed by atoms with Gasteiger partial charge in [0.15, 0.2) is 6.10 Å². The predicted molar refractivity (Wildman–Crippen MR) is 265 cm³/mol. The Hall–Kier alpha value is -3.15. The van der Waals surface area contributed by atoms with E-state index in [9.17, 15) is 14.4 Å². The van der Waals surface area contributed by atoms with Gasteiger partial charge in [-0.2, -0.15) is 0 Å². The van der Waals surface area contributed by atoms with E-state index in [1.807, 2.05) is 0 Å². The monoisotopic (exact) mass is 865 g/mol. The van der Waals surface area contributed by atoms with Crippen molar-refractivity contribution in [2.75, 3.05) is 13.2 Å². The normalized spacial score (nSPS) is 12.6. The van der Waals surface area contributed by atoms with E-state index in [2.05, 4.69) is 93.7 Å². The Morgan fingerprint density at radius 3 is 1.16 bits per heavy atom. The molecule has 6 heteroatoms. The van der Waals surface area contributed by atoms with Crippen LogP contribution in [-0.2, 0) is 28.6 Å². The van der Waals surface area contributed by atoms with E-state index in [1.165, 1.54) is 96.3 Å². The highest BCUT2D eigenvalue weighted by Gasteiger charge is 2.19. The third-order valence-corrected chi connectivity index (χ3v) is 11.0. The Bertz CT molecular complexity index is 1180. The van der Waals surface area contributed by atoms with Crippen LogP contribution in [0.15, 0.2) is 72.9 Å². The molecule has 0 spiro atoms. The first kappa shape index (κ1) is 58.9. The topological polar surface area (TPSA) is 78.9 Å². The van der Waals surface area contributed by atoms with Gasteiger partial charge in [-0.15, -0.1) is 0 Å². The van der Waals surface area contributed by atoms with E-state index in [1.54, 1.807) is 0 Å². The molecular formula is C56H96O6. The van der Waals surface area contributed by atoms with Gasteiger partial charge in [0.05, 0.1) is 0 Å². The van der Waals surface area contributed by atoms with Gasteiger partial charge in [-0.05, 0) is 96.3 Å². The Morgan fingerprint density at radius 1 is 0.355 bits per heavy atom. The largest absolute Gasteiger partial charge is 0.462 e. The van der Waals surface area contributed by atoms with Crippen LogP contribution in [0.3, 0.4) is 0 Å². The number of ether oxygens (including phenoxy) is 3. The van der Waals surface area contributed by atoms with E-state index in [4.69, 9.17) is 14.2 Å². The third-order valence-electron chi connectivity index (χ3n) is 11.0. The first-order valence-electron chi connectivity index (χ1n) is 26.0. The maximum Gasteiger partial charge on any atom is 0.306 e. The Balaban J connectivity index is 4.43. The smallest absolute Gasteiger partial charge is 0.306 e. The molecule has 0 aromatic heterocycles. The lowest BCUT2D eigenvalue weighted by Crippen LogP contribution is -2.30. The maximum atomic E-state index is 12.8. The fraction of sp³-hybridized carbons (Fsp3) is 0.732. The van der Waals surface area contributed by atoms with E-state index < -0.39 is 6.10 Å². The molecule has 0 radical (unpaired) electrons. The van der Waals surface area contributed by atoms with Crippen molar-refractivity contribution in [3.63, 3.8) is 0 Å². The van der Waals surface area contributed by atoms with Gasteiger partial charge in [0, 0.05) is 19.3 Å². The molecule has 0 bridgehead atoms. The number of esters is 3. The van der Waals surface area contributed by atoms with Crippen LogP contribution < -0.4 is 0 Å². The summed E-state index contributed by atoms with van der Waals surface area (Å²) < 4.78 is 16.8. The molecule has 0 aliphatic carbocycles.